The lowest BCUT2D eigenvalue weighted by molar-refractivity contribution is 0.276. The third-order valence-corrected chi connectivity index (χ3v) is 12.4. The van der Waals surface area contributed by atoms with Crippen molar-refractivity contribution < 1.29 is 28.4 Å². The second-order valence-electron chi connectivity index (χ2n) is 18.6. The molecule has 1 aromatic heterocycles. The first-order valence-corrected chi connectivity index (χ1v) is 26.6. The number of aromatic amines is 1. The zero-order chi connectivity index (χ0) is 46.9. The normalized spacial score (nSPS) is 11.2. The first-order valence-electron chi connectivity index (χ1n) is 26.6. The molecule has 368 valence electrons. The van der Waals surface area contributed by atoms with E-state index in [0.717, 1.165) is 88.3 Å². The topological polar surface area (TPSA) is 84.1 Å². The Morgan fingerprint density at radius 1 is 0.348 bits per heavy atom. The Kier molecular flexibility index (Phi) is 28.0. The Morgan fingerprint density at radius 3 is 0.939 bits per heavy atom. The van der Waals surface area contributed by atoms with E-state index in [-0.39, 0.29) is 0 Å². The lowest BCUT2D eigenvalue weighted by atomic mass is 10.0. The molecule has 0 saturated carbocycles. The van der Waals surface area contributed by atoms with Crippen LogP contribution in [0, 0.1) is 13.8 Å². The fraction of sp³-hybridized carbons (Fsp3) is 0.638. The number of nitrogens with one attached hydrogen (secondary N) is 1. The first kappa shape index (κ1) is 54.3. The fourth-order valence-corrected chi connectivity index (χ4v) is 8.32. The maximum atomic E-state index is 6.63. The van der Waals surface area contributed by atoms with Gasteiger partial charge in [0, 0.05) is 35.9 Å². The van der Waals surface area contributed by atoms with E-state index in [1.165, 1.54) is 134 Å². The van der Waals surface area contributed by atoms with Crippen LogP contribution in [-0.4, -0.2) is 36.6 Å². The van der Waals surface area contributed by atoms with Gasteiger partial charge in [-0.05, 0) is 92.6 Å². The van der Waals surface area contributed by atoms with Gasteiger partial charge < -0.3 is 28.4 Å². The minimum atomic E-state index is 0.367. The highest BCUT2D eigenvalue weighted by Gasteiger charge is 2.13. The van der Waals surface area contributed by atoms with E-state index in [1.54, 1.807) is 0 Å². The molecule has 0 radical (unpaired) electrons. The van der Waals surface area contributed by atoms with Gasteiger partial charge in [0.25, 0.3) is 0 Å². The van der Waals surface area contributed by atoms with Crippen LogP contribution in [0.1, 0.15) is 215 Å². The summed E-state index contributed by atoms with van der Waals surface area (Å²) >= 11 is 0. The van der Waals surface area contributed by atoms with Crippen molar-refractivity contribution in [2.45, 2.75) is 215 Å². The molecule has 3 aromatic carbocycles. The number of hydrogen-bond donors (Lipinski definition) is 1. The number of ether oxygens (including phenoxy) is 6. The van der Waals surface area contributed by atoms with Crippen molar-refractivity contribution >= 4 is 0 Å². The quantitative estimate of drug-likeness (QED) is 0.0445. The van der Waals surface area contributed by atoms with Gasteiger partial charge >= 0.3 is 0 Å². The zero-order valence-corrected chi connectivity index (χ0v) is 42.5. The Morgan fingerprint density at radius 2 is 0.636 bits per heavy atom. The summed E-state index contributed by atoms with van der Waals surface area (Å²) in [6.45, 7) is 16.7. The maximum absolute atomic E-state index is 6.63. The molecule has 0 saturated heterocycles. The summed E-state index contributed by atoms with van der Waals surface area (Å²) in [6, 6.07) is 18.7. The summed E-state index contributed by atoms with van der Waals surface area (Å²) in [5.41, 5.74) is 6.36. The van der Waals surface area contributed by atoms with Gasteiger partial charge in [-0.25, -0.2) is 0 Å². The number of aromatic nitrogens is 2. The molecule has 1 N–H and O–H groups in total. The monoisotopic (exact) mass is 911 g/mol. The number of nitrogens with zero attached hydrogens (tertiary/aromatic N) is 1. The Hall–Kier alpha value is -4.33. The molecular weight excluding hydrogens is 821 g/mol. The average Bonchev–Trinajstić information content (AvgIpc) is 3.63. The van der Waals surface area contributed by atoms with Crippen LogP contribution < -0.4 is 28.4 Å². The molecule has 0 amide bonds. The first-order chi connectivity index (χ1) is 32.4. The van der Waals surface area contributed by atoms with E-state index in [9.17, 15) is 0 Å². The molecule has 0 spiro atoms. The minimum Gasteiger partial charge on any atom is -0.493 e. The van der Waals surface area contributed by atoms with Gasteiger partial charge in [0.2, 0.25) is 0 Å². The van der Waals surface area contributed by atoms with E-state index in [1.807, 2.05) is 18.2 Å². The van der Waals surface area contributed by atoms with Gasteiger partial charge in [0.1, 0.15) is 47.7 Å². The highest BCUT2D eigenvalue weighted by atomic mass is 16.5. The van der Waals surface area contributed by atoms with Gasteiger partial charge in [0.15, 0.2) is 0 Å². The van der Waals surface area contributed by atoms with Crippen LogP contribution in [0.3, 0.4) is 0 Å². The number of hydrogen-bond acceptors (Lipinski definition) is 7. The van der Waals surface area contributed by atoms with Gasteiger partial charge in [0.05, 0.1) is 32.1 Å². The van der Waals surface area contributed by atoms with Crippen LogP contribution in [0.5, 0.6) is 34.5 Å². The van der Waals surface area contributed by atoms with Crippen LogP contribution in [-0.2, 0) is 19.6 Å². The van der Waals surface area contributed by atoms with Gasteiger partial charge in [-0.3, -0.25) is 5.10 Å². The molecule has 8 nitrogen and oxygen atoms in total. The molecule has 0 aliphatic heterocycles. The number of benzene rings is 3. The molecule has 0 atom stereocenters. The van der Waals surface area contributed by atoms with Gasteiger partial charge in [-0.15, -0.1) is 0 Å². The largest absolute Gasteiger partial charge is 0.493 e. The smallest absolute Gasteiger partial charge is 0.123 e. The summed E-state index contributed by atoms with van der Waals surface area (Å²) in [4.78, 5) is 0. The van der Waals surface area contributed by atoms with Crippen LogP contribution >= 0.6 is 0 Å². The molecule has 0 aliphatic rings. The molecule has 0 aliphatic carbocycles. The third-order valence-electron chi connectivity index (χ3n) is 12.4. The molecule has 4 aromatic rings. The second-order valence-corrected chi connectivity index (χ2v) is 18.6. The van der Waals surface area contributed by atoms with Crippen molar-refractivity contribution in [2.75, 3.05) is 26.4 Å². The second kappa shape index (κ2) is 34.0. The Bertz CT molecular complexity index is 1660. The molecule has 66 heavy (non-hydrogen) atoms. The summed E-state index contributed by atoms with van der Waals surface area (Å²) in [6.07, 6.45) is 30.2. The van der Waals surface area contributed by atoms with Crippen molar-refractivity contribution in [1.82, 2.24) is 10.2 Å². The van der Waals surface area contributed by atoms with E-state index in [4.69, 9.17) is 28.4 Å². The van der Waals surface area contributed by atoms with Crippen molar-refractivity contribution in [2.24, 2.45) is 0 Å². The van der Waals surface area contributed by atoms with Gasteiger partial charge in [-0.2, -0.15) is 5.10 Å². The predicted molar refractivity (Wildman–Crippen MR) is 274 cm³/mol. The third kappa shape index (κ3) is 22.9. The predicted octanol–water partition coefficient (Wildman–Crippen LogP) is 16.7. The zero-order valence-electron chi connectivity index (χ0n) is 42.5. The molecule has 0 unspecified atom stereocenters. The molecular formula is C58H90N2O6. The van der Waals surface area contributed by atoms with E-state index >= 15 is 0 Å². The van der Waals surface area contributed by atoms with Crippen molar-refractivity contribution in [1.29, 1.82) is 0 Å². The highest BCUT2D eigenvalue weighted by molar-refractivity contribution is 5.44. The summed E-state index contributed by atoms with van der Waals surface area (Å²) in [7, 11) is 0. The van der Waals surface area contributed by atoms with Crippen LogP contribution in [0.15, 0.2) is 54.6 Å². The van der Waals surface area contributed by atoms with E-state index < -0.39 is 0 Å². The maximum Gasteiger partial charge on any atom is 0.123 e. The van der Waals surface area contributed by atoms with E-state index in [0.29, 0.717) is 46.1 Å². The highest BCUT2D eigenvalue weighted by Crippen LogP contribution is 2.31. The van der Waals surface area contributed by atoms with Crippen molar-refractivity contribution in [3.63, 3.8) is 0 Å². The van der Waals surface area contributed by atoms with Gasteiger partial charge in [-0.1, -0.05) is 156 Å². The average molecular weight is 911 g/mol. The van der Waals surface area contributed by atoms with Crippen LogP contribution in [0.2, 0.25) is 0 Å². The number of unbranched alkanes of at least 4 members (excludes halogenated alkanes) is 20. The van der Waals surface area contributed by atoms with Crippen molar-refractivity contribution in [3.8, 4) is 34.5 Å². The molecule has 8 heteroatoms. The van der Waals surface area contributed by atoms with E-state index in [2.05, 4.69) is 88.1 Å². The molecule has 1 heterocycles. The minimum absolute atomic E-state index is 0.367. The lowest BCUT2D eigenvalue weighted by Gasteiger charge is -2.16. The van der Waals surface area contributed by atoms with Crippen LogP contribution in [0.25, 0.3) is 0 Å². The molecule has 4 rings (SSSR count). The number of aryl methyl sites for hydroxylation is 2. The summed E-state index contributed by atoms with van der Waals surface area (Å²) < 4.78 is 38.6. The van der Waals surface area contributed by atoms with Crippen molar-refractivity contribution in [3.05, 3.63) is 88.2 Å². The number of H-pyrrole nitrogens is 1. The fourth-order valence-electron chi connectivity index (χ4n) is 8.32. The number of rotatable bonds is 40. The molecule has 0 fully saturated rings. The summed E-state index contributed by atoms with van der Waals surface area (Å²) in [5.74, 6) is 4.82. The van der Waals surface area contributed by atoms with Crippen LogP contribution in [0.4, 0.5) is 0 Å². The lowest BCUT2D eigenvalue weighted by Crippen LogP contribution is -2.04. The summed E-state index contributed by atoms with van der Waals surface area (Å²) in [5, 5.41) is 7.64. The Balaban J connectivity index is 1.50. The SMILES string of the molecule is CCCCCCCCOc1cc(COc2cc(Cc3c(C)n[nH]c3C)cc(OCc3cc(OCCCCCCCC)cc(OCCCCCCCC)c3)c2)cc(OCCCCCCCC)c1. The standard InChI is InChI=1S/C58H90N2O6/c1-7-11-15-19-23-27-31-61-52-37-50(38-53(42-52)62-32-28-24-20-16-12-8-2)45-65-56-35-49(41-58-47(5)59-60-48(58)6)36-57(44-56)66-46-51-39-54(63-33-29-25-21-17-13-9-3)43-55(40-51)64-34-30-26-22-18-14-10-4/h35-40,42-44H,7-34,41,45-46H2,1-6H3,(H,59,60). The Labute approximate surface area is 401 Å². The molecule has 0 bridgehead atoms.